The number of carbonyl (C=O) groups excluding carboxylic acids is 1. The lowest BCUT2D eigenvalue weighted by atomic mass is 10.2. The summed E-state index contributed by atoms with van der Waals surface area (Å²) in [6.45, 7) is 2.63. The average Bonchev–Trinajstić information content (AvgIpc) is 2.76. The number of esters is 1. The van der Waals surface area contributed by atoms with Crippen LogP contribution in [-0.4, -0.2) is 22.6 Å². The minimum absolute atomic E-state index is 0.0208. The minimum Gasteiger partial charge on any atom is -0.494 e. The highest BCUT2D eigenvalue weighted by Gasteiger charge is 2.13. The first kappa shape index (κ1) is 21.5. The van der Waals surface area contributed by atoms with Crippen molar-refractivity contribution >= 4 is 17.0 Å². The van der Waals surface area contributed by atoms with Gasteiger partial charge in [0.25, 0.3) is 5.56 Å². The molecule has 0 aliphatic rings. The molecule has 1 heterocycles. The summed E-state index contributed by atoms with van der Waals surface area (Å²) in [5, 5.41) is 0. The molecule has 0 aliphatic carbocycles. The van der Waals surface area contributed by atoms with Gasteiger partial charge in [-0.2, -0.15) is 0 Å². The number of unbranched alkanes of at least 4 members (excludes halogenated alkanes) is 1. The summed E-state index contributed by atoms with van der Waals surface area (Å²) in [6.07, 6.45) is 2.06. The van der Waals surface area contributed by atoms with Crippen LogP contribution in [0.3, 0.4) is 0 Å². The first-order chi connectivity index (χ1) is 14.5. The number of benzene rings is 2. The van der Waals surface area contributed by atoms with Crippen molar-refractivity contribution < 1.29 is 18.7 Å². The number of methoxy groups -OCH3 is 1. The highest BCUT2D eigenvalue weighted by molar-refractivity contribution is 5.75. The molecule has 2 aromatic carbocycles. The van der Waals surface area contributed by atoms with Gasteiger partial charge >= 0.3 is 5.97 Å². The molecule has 0 bridgehead atoms. The van der Waals surface area contributed by atoms with E-state index in [0.29, 0.717) is 17.8 Å². The number of para-hydroxylation sites is 2. The van der Waals surface area contributed by atoms with Gasteiger partial charge in [-0.3, -0.25) is 9.59 Å². The Morgan fingerprint density at radius 3 is 2.73 bits per heavy atom. The summed E-state index contributed by atoms with van der Waals surface area (Å²) in [5.74, 6) is -0.855. The number of fused-ring (bicyclic) bond motifs is 1. The van der Waals surface area contributed by atoms with Crippen LogP contribution in [0, 0.1) is 5.82 Å². The van der Waals surface area contributed by atoms with Crippen LogP contribution in [0.25, 0.3) is 11.0 Å². The number of hydrogen-bond donors (Lipinski definition) is 0. The molecule has 0 atom stereocenters. The second kappa shape index (κ2) is 10.0. The maximum atomic E-state index is 13.7. The molecule has 30 heavy (non-hydrogen) atoms. The second-order valence-electron chi connectivity index (χ2n) is 6.99. The maximum Gasteiger partial charge on any atom is 0.306 e. The molecule has 0 unspecified atom stereocenters. The SMILES string of the molecule is CCCCn1c(=O)c(CCC(=O)OCc2ccc(OC)c(F)c2)nc2ccccc21. The standard InChI is InChI=1S/C23H25FN2O4/c1-3-4-13-26-20-8-6-5-7-18(20)25-19(23(26)28)10-12-22(27)30-15-16-9-11-21(29-2)17(24)14-16/h5-9,11,14H,3-4,10,12-13,15H2,1-2H3. The number of ether oxygens (including phenoxy) is 2. The van der Waals surface area contributed by atoms with Crippen molar-refractivity contribution in [3.8, 4) is 5.75 Å². The summed E-state index contributed by atoms with van der Waals surface area (Å²) < 4.78 is 25.5. The topological polar surface area (TPSA) is 70.4 Å². The highest BCUT2D eigenvalue weighted by Crippen LogP contribution is 2.18. The van der Waals surface area contributed by atoms with E-state index in [2.05, 4.69) is 11.9 Å². The van der Waals surface area contributed by atoms with E-state index in [1.165, 1.54) is 19.2 Å². The van der Waals surface area contributed by atoms with Crippen molar-refractivity contribution in [2.45, 2.75) is 45.8 Å². The van der Waals surface area contributed by atoms with Gasteiger partial charge < -0.3 is 14.0 Å². The zero-order valence-electron chi connectivity index (χ0n) is 17.2. The van der Waals surface area contributed by atoms with Crippen molar-refractivity contribution in [3.05, 3.63) is 69.9 Å². The molecule has 158 valence electrons. The molecule has 0 saturated heterocycles. The predicted molar refractivity (Wildman–Crippen MR) is 112 cm³/mol. The van der Waals surface area contributed by atoms with E-state index < -0.39 is 11.8 Å². The number of halogens is 1. The van der Waals surface area contributed by atoms with Gasteiger partial charge in [0.05, 0.1) is 24.6 Å². The van der Waals surface area contributed by atoms with Crippen LogP contribution in [0.15, 0.2) is 47.3 Å². The van der Waals surface area contributed by atoms with E-state index in [1.807, 2.05) is 24.3 Å². The molecule has 0 fully saturated rings. The molecular formula is C23H25FN2O4. The van der Waals surface area contributed by atoms with Crippen LogP contribution in [0.1, 0.15) is 37.4 Å². The Balaban J connectivity index is 1.67. The predicted octanol–water partition coefficient (Wildman–Crippen LogP) is 4.02. The highest BCUT2D eigenvalue weighted by atomic mass is 19.1. The Bertz CT molecular complexity index is 1090. The summed E-state index contributed by atoms with van der Waals surface area (Å²) in [7, 11) is 1.38. The molecule has 6 nitrogen and oxygen atoms in total. The number of aromatic nitrogens is 2. The molecular weight excluding hydrogens is 387 g/mol. The van der Waals surface area contributed by atoms with Crippen molar-refractivity contribution in [2.75, 3.05) is 7.11 Å². The van der Waals surface area contributed by atoms with E-state index in [9.17, 15) is 14.0 Å². The van der Waals surface area contributed by atoms with Gasteiger partial charge in [0, 0.05) is 13.0 Å². The van der Waals surface area contributed by atoms with E-state index in [0.717, 1.165) is 23.9 Å². The van der Waals surface area contributed by atoms with Gasteiger partial charge in [0.15, 0.2) is 11.6 Å². The lowest BCUT2D eigenvalue weighted by Gasteiger charge is -2.12. The Kier molecular flexibility index (Phi) is 7.17. The van der Waals surface area contributed by atoms with Crippen LogP contribution in [0.5, 0.6) is 5.75 Å². The van der Waals surface area contributed by atoms with Gasteiger partial charge in [-0.25, -0.2) is 9.37 Å². The number of hydrogen-bond acceptors (Lipinski definition) is 5. The van der Waals surface area contributed by atoms with Crippen LogP contribution in [-0.2, 0) is 29.1 Å². The number of rotatable bonds is 9. The van der Waals surface area contributed by atoms with Crippen molar-refractivity contribution in [1.29, 1.82) is 0 Å². The van der Waals surface area contributed by atoms with Crippen molar-refractivity contribution in [1.82, 2.24) is 9.55 Å². The molecule has 0 amide bonds. The van der Waals surface area contributed by atoms with Crippen LogP contribution in [0.4, 0.5) is 4.39 Å². The largest absolute Gasteiger partial charge is 0.494 e. The van der Waals surface area contributed by atoms with Gasteiger partial charge in [0.2, 0.25) is 0 Å². The van der Waals surface area contributed by atoms with Crippen LogP contribution >= 0.6 is 0 Å². The molecule has 0 N–H and O–H groups in total. The smallest absolute Gasteiger partial charge is 0.306 e. The molecule has 1 aromatic heterocycles. The lowest BCUT2D eigenvalue weighted by Crippen LogP contribution is -2.26. The van der Waals surface area contributed by atoms with E-state index in [-0.39, 0.29) is 30.8 Å². The van der Waals surface area contributed by atoms with Gasteiger partial charge in [0.1, 0.15) is 12.3 Å². The molecule has 3 rings (SSSR count). The summed E-state index contributed by atoms with van der Waals surface area (Å²) in [5.41, 5.74) is 2.21. The Morgan fingerprint density at radius 2 is 2.00 bits per heavy atom. The zero-order chi connectivity index (χ0) is 21.5. The first-order valence-electron chi connectivity index (χ1n) is 10.00. The second-order valence-corrected chi connectivity index (χ2v) is 6.99. The summed E-state index contributed by atoms with van der Waals surface area (Å²) in [6, 6.07) is 11.9. The fourth-order valence-electron chi connectivity index (χ4n) is 3.20. The minimum atomic E-state index is -0.515. The first-order valence-corrected chi connectivity index (χ1v) is 10.00. The molecule has 0 saturated carbocycles. The third kappa shape index (κ3) is 5.03. The molecule has 0 radical (unpaired) electrons. The third-order valence-electron chi connectivity index (χ3n) is 4.84. The van der Waals surface area contributed by atoms with Crippen LogP contribution < -0.4 is 10.3 Å². The molecule has 0 aliphatic heterocycles. The monoisotopic (exact) mass is 412 g/mol. The Hall–Kier alpha value is -3.22. The van der Waals surface area contributed by atoms with E-state index in [4.69, 9.17) is 9.47 Å². The fraction of sp³-hybridized carbons (Fsp3) is 0.348. The maximum absolute atomic E-state index is 13.7. The normalized spacial score (nSPS) is 10.9. The number of carbonyl (C=O) groups is 1. The van der Waals surface area contributed by atoms with Crippen LogP contribution in [0.2, 0.25) is 0 Å². The fourth-order valence-corrected chi connectivity index (χ4v) is 3.20. The number of nitrogens with zero attached hydrogens (tertiary/aromatic N) is 2. The quantitative estimate of drug-likeness (QED) is 0.497. The average molecular weight is 412 g/mol. The van der Waals surface area contributed by atoms with Gasteiger partial charge in [-0.05, 0) is 36.2 Å². The summed E-state index contributed by atoms with van der Waals surface area (Å²) in [4.78, 5) is 29.5. The van der Waals surface area contributed by atoms with Crippen molar-refractivity contribution in [2.24, 2.45) is 0 Å². The number of aryl methyl sites for hydroxylation is 2. The molecule has 3 aromatic rings. The van der Waals surface area contributed by atoms with Gasteiger partial charge in [-0.15, -0.1) is 0 Å². The zero-order valence-corrected chi connectivity index (χ0v) is 17.2. The van der Waals surface area contributed by atoms with E-state index >= 15 is 0 Å². The molecule has 7 heteroatoms. The summed E-state index contributed by atoms with van der Waals surface area (Å²) >= 11 is 0. The Morgan fingerprint density at radius 1 is 1.20 bits per heavy atom. The lowest BCUT2D eigenvalue weighted by molar-refractivity contribution is -0.144. The van der Waals surface area contributed by atoms with Gasteiger partial charge in [-0.1, -0.05) is 31.5 Å². The third-order valence-corrected chi connectivity index (χ3v) is 4.84. The van der Waals surface area contributed by atoms with E-state index in [1.54, 1.807) is 10.6 Å². The van der Waals surface area contributed by atoms with Crippen molar-refractivity contribution in [3.63, 3.8) is 0 Å². The molecule has 0 spiro atoms. The Labute approximate surface area is 174 Å².